The van der Waals surface area contributed by atoms with E-state index in [1.165, 1.54) is 5.56 Å². The average molecular weight is 301 g/mol. The molecule has 0 atom stereocenters. The third-order valence-electron chi connectivity index (χ3n) is 2.94. The molecule has 0 bridgehead atoms. The van der Waals surface area contributed by atoms with Gasteiger partial charge >= 0.3 is 0 Å². The molecule has 5 nitrogen and oxygen atoms in total. The monoisotopic (exact) mass is 301 g/mol. The van der Waals surface area contributed by atoms with Gasteiger partial charge in [-0.25, -0.2) is 0 Å². The minimum atomic E-state index is 0.590. The van der Waals surface area contributed by atoms with Crippen LogP contribution in [0.3, 0.4) is 0 Å². The first kappa shape index (κ1) is 13.9. The molecule has 0 unspecified atom stereocenters. The lowest BCUT2D eigenvalue weighted by atomic mass is 10.1. The number of nitrogens with zero attached hydrogens (tertiary/aromatic N) is 3. The van der Waals surface area contributed by atoms with E-state index in [2.05, 4.69) is 34.4 Å². The highest BCUT2D eigenvalue weighted by Crippen LogP contribution is 2.23. The van der Waals surface area contributed by atoms with Crippen molar-refractivity contribution in [3.8, 4) is 11.3 Å². The number of hydrogen-bond donors (Lipinski definition) is 0. The minimum absolute atomic E-state index is 0.590. The number of aryl methyl sites for hydroxylation is 2. The van der Waals surface area contributed by atoms with Crippen molar-refractivity contribution in [3.63, 3.8) is 0 Å². The van der Waals surface area contributed by atoms with Crippen molar-refractivity contribution in [2.75, 3.05) is 0 Å². The number of aromatic nitrogens is 3. The fourth-order valence-electron chi connectivity index (χ4n) is 1.88. The van der Waals surface area contributed by atoms with Crippen molar-refractivity contribution >= 4 is 11.8 Å². The van der Waals surface area contributed by atoms with Crippen LogP contribution in [0.2, 0.25) is 0 Å². The fraction of sp³-hybridized carbons (Fsp3) is 0.267. The average Bonchev–Trinajstić information content (AvgIpc) is 3.09. The lowest BCUT2D eigenvalue weighted by molar-refractivity contribution is 0.397. The second-order valence-corrected chi connectivity index (χ2v) is 5.74. The Balaban J connectivity index is 1.59. The molecule has 0 aliphatic rings. The lowest BCUT2D eigenvalue weighted by Gasteiger charge is -1.95. The van der Waals surface area contributed by atoms with Gasteiger partial charge in [-0.15, -0.1) is 22.0 Å². The van der Waals surface area contributed by atoms with E-state index in [1.807, 2.05) is 18.2 Å². The summed E-state index contributed by atoms with van der Waals surface area (Å²) in [6.45, 7) is 3.85. The van der Waals surface area contributed by atoms with Crippen LogP contribution in [0.15, 0.2) is 39.3 Å². The minimum Gasteiger partial charge on any atom is -0.425 e. The zero-order valence-corrected chi connectivity index (χ0v) is 12.7. The molecule has 3 rings (SSSR count). The Morgan fingerprint density at radius 3 is 2.57 bits per heavy atom. The van der Waals surface area contributed by atoms with Crippen molar-refractivity contribution in [2.45, 2.75) is 25.4 Å². The molecule has 0 aliphatic heterocycles. The summed E-state index contributed by atoms with van der Waals surface area (Å²) >= 11 is 1.65. The largest absolute Gasteiger partial charge is 0.425 e. The molecule has 0 fully saturated rings. The van der Waals surface area contributed by atoms with Gasteiger partial charge in [-0.05, 0) is 6.92 Å². The summed E-state index contributed by atoms with van der Waals surface area (Å²) in [7, 11) is 0. The molecule has 0 saturated heterocycles. The molecule has 0 radical (unpaired) electrons. The summed E-state index contributed by atoms with van der Waals surface area (Å²) in [6.07, 6.45) is 0. The maximum absolute atomic E-state index is 5.35. The number of thioether (sulfide) groups is 1. The Morgan fingerprint density at radius 1 is 1.05 bits per heavy atom. The van der Waals surface area contributed by atoms with Crippen molar-refractivity contribution in [1.82, 2.24) is 15.4 Å². The summed E-state index contributed by atoms with van der Waals surface area (Å²) in [5, 5.41) is 11.9. The third-order valence-corrected chi connectivity index (χ3v) is 3.88. The maximum atomic E-state index is 5.35. The summed E-state index contributed by atoms with van der Waals surface area (Å²) in [5.41, 5.74) is 3.15. The number of hydrogen-bond acceptors (Lipinski definition) is 6. The van der Waals surface area contributed by atoms with Crippen LogP contribution in [0.5, 0.6) is 0 Å². The van der Waals surface area contributed by atoms with Crippen LogP contribution in [0, 0.1) is 13.8 Å². The third kappa shape index (κ3) is 3.52. The Hall–Kier alpha value is -2.08. The van der Waals surface area contributed by atoms with Gasteiger partial charge in [0.25, 0.3) is 0 Å². The SMILES string of the molecule is Cc1ccc(-c2cc(CSCc3nnc(C)o3)on2)cc1. The van der Waals surface area contributed by atoms with E-state index in [-0.39, 0.29) is 0 Å². The Morgan fingerprint density at radius 2 is 1.86 bits per heavy atom. The second kappa shape index (κ2) is 6.13. The Labute approximate surface area is 126 Å². The molecule has 21 heavy (non-hydrogen) atoms. The summed E-state index contributed by atoms with van der Waals surface area (Å²) in [5.74, 6) is 3.45. The van der Waals surface area contributed by atoms with E-state index >= 15 is 0 Å². The van der Waals surface area contributed by atoms with E-state index in [0.717, 1.165) is 22.8 Å². The van der Waals surface area contributed by atoms with Gasteiger partial charge in [-0.2, -0.15) is 0 Å². The van der Waals surface area contributed by atoms with Crippen LogP contribution >= 0.6 is 11.8 Å². The van der Waals surface area contributed by atoms with Gasteiger partial charge in [0.15, 0.2) is 0 Å². The topological polar surface area (TPSA) is 65.0 Å². The van der Waals surface area contributed by atoms with Crippen LogP contribution in [0.4, 0.5) is 0 Å². The van der Waals surface area contributed by atoms with Crippen LogP contribution in [0.1, 0.15) is 23.1 Å². The molecule has 6 heteroatoms. The first-order valence-corrected chi connectivity index (χ1v) is 7.75. The van der Waals surface area contributed by atoms with Crippen molar-refractivity contribution in [1.29, 1.82) is 0 Å². The van der Waals surface area contributed by atoms with E-state index < -0.39 is 0 Å². The zero-order valence-electron chi connectivity index (χ0n) is 11.9. The van der Waals surface area contributed by atoms with Gasteiger partial charge in [0.2, 0.25) is 11.8 Å². The fourth-order valence-corrected chi connectivity index (χ4v) is 2.61. The second-order valence-electron chi connectivity index (χ2n) is 4.75. The highest BCUT2D eigenvalue weighted by atomic mass is 32.2. The molecule has 2 aromatic heterocycles. The van der Waals surface area contributed by atoms with Crippen LogP contribution in [-0.4, -0.2) is 15.4 Å². The van der Waals surface area contributed by atoms with Crippen LogP contribution in [-0.2, 0) is 11.5 Å². The van der Waals surface area contributed by atoms with Crippen molar-refractivity contribution in [3.05, 3.63) is 53.4 Å². The van der Waals surface area contributed by atoms with Crippen LogP contribution in [0.25, 0.3) is 11.3 Å². The van der Waals surface area contributed by atoms with Crippen molar-refractivity contribution < 1.29 is 8.94 Å². The quantitative estimate of drug-likeness (QED) is 0.714. The van der Waals surface area contributed by atoms with E-state index in [9.17, 15) is 0 Å². The standard InChI is InChI=1S/C15H15N3O2S/c1-10-3-5-12(6-4-10)14-7-13(20-18-14)8-21-9-15-17-16-11(2)19-15/h3-7H,8-9H2,1-2H3. The molecule has 0 amide bonds. The van der Waals surface area contributed by atoms with E-state index in [1.54, 1.807) is 18.7 Å². The predicted octanol–water partition coefficient (Wildman–Crippen LogP) is 3.77. The normalized spacial score (nSPS) is 11.0. The first-order valence-electron chi connectivity index (χ1n) is 6.60. The number of rotatable bonds is 5. The zero-order chi connectivity index (χ0) is 14.7. The Bertz CT molecular complexity index is 719. The smallest absolute Gasteiger partial charge is 0.226 e. The molecule has 0 spiro atoms. The molecule has 2 heterocycles. The lowest BCUT2D eigenvalue weighted by Crippen LogP contribution is -1.82. The van der Waals surface area contributed by atoms with Gasteiger partial charge in [0.05, 0.1) is 11.5 Å². The molecule has 3 aromatic rings. The Kier molecular flexibility index (Phi) is 4.06. The predicted molar refractivity (Wildman–Crippen MR) is 80.7 cm³/mol. The molecule has 0 saturated carbocycles. The molecule has 0 aliphatic carbocycles. The highest BCUT2D eigenvalue weighted by molar-refractivity contribution is 7.97. The van der Waals surface area contributed by atoms with Crippen LogP contribution < -0.4 is 0 Å². The number of benzene rings is 1. The van der Waals surface area contributed by atoms with Gasteiger partial charge in [0.1, 0.15) is 11.5 Å². The highest BCUT2D eigenvalue weighted by Gasteiger charge is 2.08. The van der Waals surface area contributed by atoms with Crippen molar-refractivity contribution in [2.24, 2.45) is 0 Å². The van der Waals surface area contributed by atoms with E-state index in [0.29, 0.717) is 17.5 Å². The molecular weight excluding hydrogens is 286 g/mol. The first-order chi connectivity index (χ1) is 10.2. The molecular formula is C15H15N3O2S. The van der Waals surface area contributed by atoms with Gasteiger partial charge < -0.3 is 8.94 Å². The summed E-state index contributed by atoms with van der Waals surface area (Å²) in [6, 6.07) is 10.2. The molecule has 108 valence electrons. The van der Waals surface area contributed by atoms with Gasteiger partial charge in [0, 0.05) is 18.6 Å². The maximum Gasteiger partial charge on any atom is 0.226 e. The van der Waals surface area contributed by atoms with Gasteiger partial charge in [-0.1, -0.05) is 35.0 Å². The summed E-state index contributed by atoms with van der Waals surface area (Å²) in [4.78, 5) is 0. The molecule has 0 N–H and O–H groups in total. The van der Waals surface area contributed by atoms with Gasteiger partial charge in [-0.3, -0.25) is 0 Å². The van der Waals surface area contributed by atoms with E-state index in [4.69, 9.17) is 8.94 Å². The summed E-state index contributed by atoms with van der Waals surface area (Å²) < 4.78 is 10.7. The molecule has 1 aromatic carbocycles.